The first-order chi connectivity index (χ1) is 58.0. The fourth-order valence-electron chi connectivity index (χ4n) is 15.6. The molecule has 0 spiro atoms. The van der Waals surface area contributed by atoms with Gasteiger partial charge in [0.05, 0.1) is 55.1 Å². The van der Waals surface area contributed by atoms with E-state index in [4.69, 9.17) is 23.7 Å². The highest BCUT2D eigenvalue weighted by Crippen LogP contribution is 2.40. The molecule has 7 amide bonds. The van der Waals surface area contributed by atoms with Crippen molar-refractivity contribution in [3.8, 4) is 23.0 Å². The van der Waals surface area contributed by atoms with Gasteiger partial charge in [-0.2, -0.15) is 15.3 Å². The van der Waals surface area contributed by atoms with E-state index >= 15 is 0 Å². The Morgan fingerprint density at radius 2 is 0.942 bits per heavy atom. The quantitative estimate of drug-likeness (QED) is 0.0292. The Labute approximate surface area is 689 Å². The van der Waals surface area contributed by atoms with Crippen LogP contribution in [0.4, 0.5) is 14.5 Å². The minimum absolute atomic E-state index is 0.00741. The molecule has 0 saturated carbocycles. The number of methoxy groups -OCH3 is 1. The fourth-order valence-corrected chi connectivity index (χ4v) is 15.6. The van der Waals surface area contributed by atoms with Gasteiger partial charge < -0.3 is 60.9 Å². The first-order valence-corrected chi connectivity index (χ1v) is 38.9. The third-order valence-electron chi connectivity index (χ3n) is 21.6. The number of Topliss-reactive ketones (excluding diaryl/α,β-unsaturated/α-hetero) is 2. The molecule has 8 heterocycles. The van der Waals surface area contributed by atoms with E-state index < -0.39 is 46.8 Å². The molecule has 618 valence electrons. The van der Waals surface area contributed by atoms with Crippen LogP contribution in [0.25, 0.3) is 16.9 Å². The molecule has 31 nitrogen and oxygen atoms in total. The Kier molecular flexibility index (Phi) is 22.7. The Hall–Kier alpha value is -14.7. The molecule has 0 saturated heterocycles. The molecule has 6 aromatic heterocycles. The van der Waals surface area contributed by atoms with Gasteiger partial charge in [0.2, 0.25) is 6.79 Å². The van der Waals surface area contributed by atoms with Crippen LogP contribution in [0.1, 0.15) is 233 Å². The number of halogens is 2. The zero-order valence-electron chi connectivity index (χ0n) is 67.2. The van der Waals surface area contributed by atoms with Gasteiger partial charge in [0.1, 0.15) is 45.5 Å². The summed E-state index contributed by atoms with van der Waals surface area (Å²) in [6.45, 7) is 14.8. The average molecular weight is 1640 g/mol. The third kappa shape index (κ3) is 17.1. The molecule has 6 aromatic carbocycles. The standard InChI is InChI=1S/C31H32FN5O5.C29H26N6O5.C28H24FN5O5/c1-17-19-9-11-23(21(19)8-7-20(17)30(40)42-31(2,3)4)36-29(39)25-15-24(35-27-12-13-34-37(25)27)28(38)33-16-18-6-10-22(32)26(14-18)41-5;1-15-18(16(2)36)4-5-20-19(15)6-8-21(20)34-29(39)24-12-23(32-26-9-10-31-35(24)26)28(38)30-13-17-3-7-22-25(11-17)40-14-27(37)33-22;1-14-17(15(2)35)4-5-19-18(14)6-7-21(19)33-28(37)23-10-22(32-26-20(29)12-31-34(23)26)27(36)30-11-16-3-8-24-25(9-16)39-13-38-24/h6-8,10,12-15,23H,9,11,16H2,1-5H3,(H,33,38)(H,36,39);3-5,7,9-12,21H,6,8,13-14H2,1-2H3,(H,30,38)(H,33,37)(H,34,39);3-5,8-10,12,21H,6-7,11,13H2,1-2H3,(H,30,36)(H,33,37)/t23-;2*21-/m000/s1. The number of carbonyl (C=O) groups excluding carboxylic acids is 10. The Balaban J connectivity index is 0.000000141. The van der Waals surface area contributed by atoms with Crippen molar-refractivity contribution in [3.63, 3.8) is 0 Å². The molecule has 17 rings (SSSR count). The molecular weight excluding hydrogens is 1560 g/mol. The lowest BCUT2D eigenvalue weighted by molar-refractivity contribution is -0.118. The molecule has 33 heteroatoms. The highest BCUT2D eigenvalue weighted by atomic mass is 19.1. The molecule has 0 fully saturated rings. The highest BCUT2D eigenvalue weighted by Gasteiger charge is 2.34. The summed E-state index contributed by atoms with van der Waals surface area (Å²) >= 11 is 0. The lowest BCUT2D eigenvalue weighted by Crippen LogP contribution is -2.30. The van der Waals surface area contributed by atoms with Gasteiger partial charge in [-0.15, -0.1) is 0 Å². The monoisotopic (exact) mass is 1640 g/mol. The zero-order valence-corrected chi connectivity index (χ0v) is 67.2. The molecule has 0 bridgehead atoms. The number of aromatic nitrogens is 9. The summed E-state index contributed by atoms with van der Waals surface area (Å²) in [5.74, 6) is -2.90. The molecule has 0 unspecified atom stereocenters. The molecule has 121 heavy (non-hydrogen) atoms. The number of nitrogens with one attached hydrogen (secondary N) is 7. The Morgan fingerprint density at radius 1 is 0.496 bits per heavy atom. The number of fused-ring (bicyclic) bond motifs is 8. The van der Waals surface area contributed by atoms with Crippen LogP contribution < -0.4 is 56.2 Å². The van der Waals surface area contributed by atoms with Crippen molar-refractivity contribution in [3.05, 3.63) is 269 Å². The number of benzene rings is 6. The maximum Gasteiger partial charge on any atom is 0.338 e. The maximum absolute atomic E-state index is 14.5. The normalized spacial score (nSPS) is 15.1. The first kappa shape index (κ1) is 81.5. The summed E-state index contributed by atoms with van der Waals surface area (Å²) in [4.78, 5) is 140. The number of ketones is 2. The zero-order chi connectivity index (χ0) is 85.4. The van der Waals surface area contributed by atoms with Crippen molar-refractivity contribution < 1.29 is 80.4 Å². The number of nitrogens with zero attached hydrogens (tertiary/aromatic N) is 9. The minimum atomic E-state index is -0.756. The number of anilines is 1. The van der Waals surface area contributed by atoms with Gasteiger partial charge in [0.15, 0.2) is 64.0 Å². The molecule has 12 aromatic rings. The van der Waals surface area contributed by atoms with Gasteiger partial charge >= 0.3 is 5.97 Å². The van der Waals surface area contributed by atoms with Crippen LogP contribution in [0.3, 0.4) is 0 Å². The largest absolute Gasteiger partial charge is 0.494 e. The van der Waals surface area contributed by atoms with E-state index in [1.165, 1.54) is 65.8 Å². The van der Waals surface area contributed by atoms with Gasteiger partial charge in [-0.1, -0.05) is 48.5 Å². The third-order valence-corrected chi connectivity index (χ3v) is 21.6. The Morgan fingerprint density at radius 3 is 1.44 bits per heavy atom. The Bertz CT molecular complexity index is 6310. The molecule has 0 radical (unpaired) electrons. The van der Waals surface area contributed by atoms with Crippen LogP contribution in [0, 0.1) is 32.4 Å². The smallest absolute Gasteiger partial charge is 0.338 e. The summed E-state index contributed by atoms with van der Waals surface area (Å²) in [6, 6.07) is 32.3. The topological polar surface area (TPSA) is 392 Å². The molecule has 3 aliphatic carbocycles. The highest BCUT2D eigenvalue weighted by molar-refractivity contribution is 6.02. The second-order valence-electron chi connectivity index (χ2n) is 30.6. The predicted octanol–water partition coefficient (Wildman–Crippen LogP) is 10.9. The molecule has 5 aliphatic rings. The van der Waals surface area contributed by atoms with E-state index in [0.717, 1.165) is 78.3 Å². The lowest BCUT2D eigenvalue weighted by Gasteiger charge is -2.21. The molecular formula is C88H82F2N16O15. The van der Waals surface area contributed by atoms with Crippen LogP contribution in [0.15, 0.2) is 140 Å². The minimum Gasteiger partial charge on any atom is -0.494 e. The van der Waals surface area contributed by atoms with Crippen LogP contribution >= 0.6 is 0 Å². The van der Waals surface area contributed by atoms with Crippen molar-refractivity contribution in [2.24, 2.45) is 0 Å². The van der Waals surface area contributed by atoms with Gasteiger partial charge in [0.25, 0.3) is 41.4 Å². The van der Waals surface area contributed by atoms with E-state index in [-0.39, 0.29) is 126 Å². The second-order valence-corrected chi connectivity index (χ2v) is 30.6. The number of carbonyl (C=O) groups is 10. The maximum atomic E-state index is 14.5. The van der Waals surface area contributed by atoms with Crippen LogP contribution in [-0.4, -0.2) is 129 Å². The number of rotatable bonds is 19. The van der Waals surface area contributed by atoms with E-state index in [1.807, 2.05) is 65.8 Å². The first-order valence-electron chi connectivity index (χ1n) is 38.9. The van der Waals surface area contributed by atoms with Gasteiger partial charge in [-0.3, -0.25) is 43.2 Å². The van der Waals surface area contributed by atoms with Crippen molar-refractivity contribution in [2.45, 2.75) is 137 Å². The average Bonchev–Trinajstić information content (AvgIpc) is 1.64. The number of hydrogen-bond donors (Lipinski definition) is 7. The number of ether oxygens (including phenoxy) is 5. The summed E-state index contributed by atoms with van der Waals surface area (Å²) in [6.07, 6.45) is 8.14. The summed E-state index contributed by atoms with van der Waals surface area (Å²) in [7, 11) is 1.37. The van der Waals surface area contributed by atoms with Crippen molar-refractivity contribution in [1.29, 1.82) is 0 Å². The van der Waals surface area contributed by atoms with E-state index in [1.54, 1.807) is 73.7 Å². The van der Waals surface area contributed by atoms with Gasteiger partial charge in [-0.25, -0.2) is 42.1 Å². The SMILES string of the molecule is CC(=O)c1ccc2c(c1C)CC[C@@H]2NC(=O)c1cc(C(=O)NCc2ccc3c(c2)OCC(=O)N3)nc2ccnn12.CC(=O)c1ccc2c(c1C)CC[C@@H]2NC(=O)c1cc(C(=O)NCc2ccc3c(c2)OCO3)nc2c(F)cnn12.COc1cc(CNC(=O)c2cc(C(=O)N[C@H]3CCc4c3ccc(C(=O)OC(C)(C)C)c4C)n3nccc3n2)ccc1F. The second kappa shape index (κ2) is 33.7. The summed E-state index contributed by atoms with van der Waals surface area (Å²) in [5.41, 5.74) is 13.5. The summed E-state index contributed by atoms with van der Waals surface area (Å²) in [5, 5.41) is 32.6. The lowest BCUT2D eigenvalue weighted by atomic mass is 9.96. The van der Waals surface area contributed by atoms with Gasteiger partial charge in [-0.05, 0) is 203 Å². The van der Waals surface area contributed by atoms with Crippen LogP contribution in [0.5, 0.6) is 23.0 Å². The van der Waals surface area contributed by atoms with Crippen molar-refractivity contribution in [2.75, 3.05) is 25.8 Å². The number of esters is 1. The molecule has 2 aliphatic heterocycles. The predicted molar refractivity (Wildman–Crippen MR) is 433 cm³/mol. The molecule has 7 N–H and O–H groups in total. The number of hydrogen-bond acceptors (Lipinski definition) is 21. The number of amides is 7. The summed E-state index contributed by atoms with van der Waals surface area (Å²) < 4.78 is 58.8. The van der Waals surface area contributed by atoms with E-state index in [2.05, 4.69) is 67.5 Å². The van der Waals surface area contributed by atoms with Crippen molar-refractivity contribution >= 4 is 81.5 Å². The van der Waals surface area contributed by atoms with Crippen LogP contribution in [-0.2, 0) is 48.4 Å². The van der Waals surface area contributed by atoms with E-state index in [9.17, 15) is 56.7 Å². The molecule has 3 atom stereocenters. The van der Waals surface area contributed by atoms with Gasteiger partial charge in [0, 0.05) is 61.1 Å². The van der Waals surface area contributed by atoms with E-state index in [0.29, 0.717) is 88.6 Å². The van der Waals surface area contributed by atoms with Crippen LogP contribution in [0.2, 0.25) is 0 Å². The van der Waals surface area contributed by atoms with Crippen molar-refractivity contribution in [1.82, 2.24) is 75.7 Å². The fraction of sp³-hybridized carbons (Fsp3) is 0.273.